The maximum absolute atomic E-state index is 12.6. The van der Waals surface area contributed by atoms with Crippen molar-refractivity contribution in [3.8, 4) is 0 Å². The van der Waals surface area contributed by atoms with Gasteiger partial charge in [0, 0.05) is 12.2 Å². The largest absolute Gasteiger partial charge is 0.308 e. The van der Waals surface area contributed by atoms with Gasteiger partial charge in [-0.15, -0.1) is 6.58 Å². The summed E-state index contributed by atoms with van der Waals surface area (Å²) in [4.78, 5) is 33.5. The molecule has 0 bridgehead atoms. The molecule has 126 valence electrons. The standard InChI is InChI=1S/C19H17N3O2S/c1-2-12-22(14-8-4-3-5-9-14)17(23)13-25-19-20-16-11-7-6-10-15(16)18(24)21-19/h2-11H,1,12-13H2,(H,20,21,24). The van der Waals surface area contributed by atoms with Gasteiger partial charge in [-0.2, -0.15) is 0 Å². The highest BCUT2D eigenvalue weighted by atomic mass is 32.2. The Balaban J connectivity index is 1.77. The molecule has 0 saturated carbocycles. The zero-order chi connectivity index (χ0) is 17.6. The number of fused-ring (bicyclic) bond motifs is 1. The van der Waals surface area contributed by atoms with Crippen molar-refractivity contribution in [3.05, 3.63) is 77.6 Å². The maximum Gasteiger partial charge on any atom is 0.259 e. The van der Waals surface area contributed by atoms with Crippen LogP contribution in [0.3, 0.4) is 0 Å². The predicted octanol–water partition coefficient (Wildman–Crippen LogP) is 3.23. The van der Waals surface area contributed by atoms with Crippen LogP contribution >= 0.6 is 11.8 Å². The number of H-pyrrole nitrogens is 1. The molecule has 5 nitrogen and oxygen atoms in total. The van der Waals surface area contributed by atoms with Crippen molar-refractivity contribution in [2.45, 2.75) is 5.16 Å². The van der Waals surface area contributed by atoms with Crippen LogP contribution in [0.1, 0.15) is 0 Å². The van der Waals surface area contributed by atoms with Gasteiger partial charge in [0.2, 0.25) is 5.91 Å². The minimum atomic E-state index is -0.202. The molecule has 2 aromatic carbocycles. The second-order valence-electron chi connectivity index (χ2n) is 5.31. The Labute approximate surface area is 149 Å². The molecule has 1 heterocycles. The first-order chi connectivity index (χ1) is 12.2. The monoisotopic (exact) mass is 351 g/mol. The SMILES string of the molecule is C=CCN(C(=O)CSc1nc2ccccc2c(=O)[nH]1)c1ccccc1. The molecule has 0 fully saturated rings. The van der Waals surface area contributed by atoms with Crippen molar-refractivity contribution in [1.29, 1.82) is 0 Å². The molecule has 0 atom stereocenters. The van der Waals surface area contributed by atoms with Crippen molar-refractivity contribution in [1.82, 2.24) is 9.97 Å². The van der Waals surface area contributed by atoms with Gasteiger partial charge in [0.1, 0.15) is 0 Å². The molecule has 1 aromatic heterocycles. The minimum absolute atomic E-state index is 0.0769. The van der Waals surface area contributed by atoms with E-state index in [1.165, 1.54) is 11.8 Å². The molecule has 1 amide bonds. The van der Waals surface area contributed by atoms with E-state index in [1.807, 2.05) is 36.4 Å². The molecule has 6 heteroatoms. The number of nitrogens with zero attached hydrogens (tertiary/aromatic N) is 2. The third-order valence-electron chi connectivity index (χ3n) is 3.60. The van der Waals surface area contributed by atoms with E-state index in [1.54, 1.807) is 29.2 Å². The summed E-state index contributed by atoms with van der Waals surface area (Å²) in [6.45, 7) is 4.13. The molecule has 3 rings (SSSR count). The molecule has 0 aliphatic rings. The zero-order valence-electron chi connectivity index (χ0n) is 13.5. The number of thioether (sulfide) groups is 1. The number of aromatic amines is 1. The zero-order valence-corrected chi connectivity index (χ0v) is 14.3. The lowest BCUT2D eigenvalue weighted by molar-refractivity contribution is -0.116. The van der Waals surface area contributed by atoms with Gasteiger partial charge in [0.25, 0.3) is 5.56 Å². The van der Waals surface area contributed by atoms with Crippen LogP contribution in [-0.4, -0.2) is 28.2 Å². The van der Waals surface area contributed by atoms with Crippen molar-refractivity contribution in [2.75, 3.05) is 17.2 Å². The average molecular weight is 351 g/mol. The lowest BCUT2D eigenvalue weighted by Crippen LogP contribution is -2.32. The number of aromatic nitrogens is 2. The van der Waals surface area contributed by atoms with Gasteiger partial charge in [-0.05, 0) is 24.3 Å². The number of hydrogen-bond donors (Lipinski definition) is 1. The van der Waals surface area contributed by atoms with E-state index in [-0.39, 0.29) is 17.2 Å². The van der Waals surface area contributed by atoms with Crippen LogP contribution < -0.4 is 10.5 Å². The summed E-state index contributed by atoms with van der Waals surface area (Å²) in [6, 6.07) is 16.6. The van der Waals surface area contributed by atoms with Gasteiger partial charge >= 0.3 is 0 Å². The summed E-state index contributed by atoms with van der Waals surface area (Å²) in [5, 5.41) is 0.972. The van der Waals surface area contributed by atoms with Gasteiger partial charge in [-0.3, -0.25) is 9.59 Å². The quantitative estimate of drug-likeness (QED) is 0.421. The number of hydrogen-bond acceptors (Lipinski definition) is 4. The third-order valence-corrected chi connectivity index (χ3v) is 4.46. The van der Waals surface area contributed by atoms with Crippen LogP contribution in [-0.2, 0) is 4.79 Å². The van der Waals surface area contributed by atoms with Crippen LogP contribution in [0.2, 0.25) is 0 Å². The number of para-hydroxylation sites is 2. The first-order valence-electron chi connectivity index (χ1n) is 7.77. The Bertz CT molecular complexity index is 954. The fourth-order valence-corrected chi connectivity index (χ4v) is 3.17. The second kappa shape index (κ2) is 7.81. The Morgan fingerprint density at radius 2 is 1.88 bits per heavy atom. The number of benzene rings is 2. The summed E-state index contributed by atoms with van der Waals surface area (Å²) < 4.78 is 0. The first-order valence-corrected chi connectivity index (χ1v) is 8.76. The Hall–Kier alpha value is -2.86. The van der Waals surface area contributed by atoms with Crippen LogP contribution in [0.4, 0.5) is 5.69 Å². The molecule has 25 heavy (non-hydrogen) atoms. The first kappa shape index (κ1) is 17.0. The Morgan fingerprint density at radius 3 is 2.64 bits per heavy atom. The van der Waals surface area contributed by atoms with Crippen LogP contribution in [0.5, 0.6) is 0 Å². The summed E-state index contributed by atoms with van der Waals surface area (Å²) in [7, 11) is 0. The topological polar surface area (TPSA) is 66.1 Å². The highest BCUT2D eigenvalue weighted by Gasteiger charge is 2.15. The van der Waals surface area contributed by atoms with Gasteiger partial charge < -0.3 is 9.88 Å². The summed E-state index contributed by atoms with van der Waals surface area (Å²) in [5.41, 5.74) is 1.23. The van der Waals surface area contributed by atoms with Crippen LogP contribution in [0, 0.1) is 0 Å². The van der Waals surface area contributed by atoms with Gasteiger partial charge in [-0.25, -0.2) is 4.98 Å². The van der Waals surface area contributed by atoms with Crippen LogP contribution in [0.15, 0.2) is 77.2 Å². The van der Waals surface area contributed by atoms with Crippen molar-refractivity contribution in [3.63, 3.8) is 0 Å². The molecule has 0 aliphatic carbocycles. The minimum Gasteiger partial charge on any atom is -0.308 e. The highest BCUT2D eigenvalue weighted by molar-refractivity contribution is 7.99. The summed E-state index contributed by atoms with van der Waals surface area (Å²) in [6.07, 6.45) is 1.69. The number of nitrogens with one attached hydrogen (secondary N) is 1. The molecule has 0 saturated heterocycles. The van der Waals surface area contributed by atoms with Crippen molar-refractivity contribution >= 4 is 34.3 Å². The molecule has 3 aromatic rings. The van der Waals surface area contributed by atoms with E-state index in [4.69, 9.17) is 0 Å². The molecule has 0 spiro atoms. The predicted molar refractivity (Wildman–Crippen MR) is 102 cm³/mol. The molecule has 0 aliphatic heterocycles. The molecule has 1 N–H and O–H groups in total. The average Bonchev–Trinajstić information content (AvgIpc) is 2.65. The summed E-state index contributed by atoms with van der Waals surface area (Å²) >= 11 is 1.21. The summed E-state index contributed by atoms with van der Waals surface area (Å²) in [5.74, 6) is 0.0937. The number of rotatable bonds is 6. The molecular weight excluding hydrogens is 334 g/mol. The van der Waals surface area contributed by atoms with Gasteiger partial charge in [0.05, 0.1) is 16.7 Å². The second-order valence-corrected chi connectivity index (χ2v) is 6.27. The van der Waals surface area contributed by atoms with Gasteiger partial charge in [0.15, 0.2) is 5.16 Å². The van der Waals surface area contributed by atoms with E-state index in [2.05, 4.69) is 16.5 Å². The fraction of sp³-hybridized carbons (Fsp3) is 0.105. The molecular formula is C19H17N3O2S. The number of amides is 1. The van der Waals surface area contributed by atoms with Crippen LogP contribution in [0.25, 0.3) is 10.9 Å². The van der Waals surface area contributed by atoms with E-state index in [9.17, 15) is 9.59 Å². The smallest absolute Gasteiger partial charge is 0.259 e. The van der Waals surface area contributed by atoms with E-state index in [0.717, 1.165) is 5.69 Å². The normalized spacial score (nSPS) is 10.6. The lowest BCUT2D eigenvalue weighted by atomic mass is 10.2. The van der Waals surface area contributed by atoms with E-state index >= 15 is 0 Å². The van der Waals surface area contributed by atoms with E-state index < -0.39 is 0 Å². The third kappa shape index (κ3) is 3.97. The number of anilines is 1. The molecule has 0 radical (unpaired) electrons. The maximum atomic E-state index is 12.6. The fourth-order valence-electron chi connectivity index (χ4n) is 2.43. The van der Waals surface area contributed by atoms with Crippen molar-refractivity contribution in [2.24, 2.45) is 0 Å². The lowest BCUT2D eigenvalue weighted by Gasteiger charge is -2.21. The number of carbonyl (C=O) groups excluding carboxylic acids is 1. The number of carbonyl (C=O) groups is 1. The van der Waals surface area contributed by atoms with Gasteiger partial charge in [-0.1, -0.05) is 48.2 Å². The van der Waals surface area contributed by atoms with E-state index in [0.29, 0.717) is 22.6 Å². The molecule has 0 unspecified atom stereocenters. The Kier molecular flexibility index (Phi) is 5.30. The highest BCUT2D eigenvalue weighted by Crippen LogP contribution is 2.18. The Morgan fingerprint density at radius 1 is 1.16 bits per heavy atom. The van der Waals surface area contributed by atoms with Crippen molar-refractivity contribution < 1.29 is 4.79 Å².